The van der Waals surface area contributed by atoms with Crippen molar-refractivity contribution in [2.45, 2.75) is 19.6 Å². The fraction of sp³-hybridized carbons (Fsp3) is 0.556. The van der Waals surface area contributed by atoms with E-state index in [-0.39, 0.29) is 11.9 Å². The van der Waals surface area contributed by atoms with Gasteiger partial charge in [0.05, 0.1) is 5.75 Å². The highest BCUT2D eigenvalue weighted by Gasteiger charge is 2.08. The van der Waals surface area contributed by atoms with E-state index >= 15 is 0 Å². The summed E-state index contributed by atoms with van der Waals surface area (Å²) in [5.74, 6) is 1.38. The van der Waals surface area contributed by atoms with Gasteiger partial charge in [-0.15, -0.1) is 0 Å². The SMILES string of the molecule is CCN(CC)C(=S)SCc1nc(N)nc(N)n1. The van der Waals surface area contributed by atoms with Crippen LogP contribution < -0.4 is 11.5 Å². The van der Waals surface area contributed by atoms with Crippen molar-refractivity contribution in [3.8, 4) is 0 Å². The van der Waals surface area contributed by atoms with Gasteiger partial charge in [-0.3, -0.25) is 0 Å². The Balaban J connectivity index is 2.58. The highest BCUT2D eigenvalue weighted by molar-refractivity contribution is 8.22. The number of rotatable bonds is 4. The first kappa shape index (κ1) is 13.9. The van der Waals surface area contributed by atoms with Gasteiger partial charge < -0.3 is 16.4 Å². The number of thiocarbonyl (C=S) groups is 1. The van der Waals surface area contributed by atoms with Gasteiger partial charge in [0.1, 0.15) is 10.1 Å². The Morgan fingerprint density at radius 3 is 2.18 bits per heavy atom. The monoisotopic (exact) mass is 272 g/mol. The maximum absolute atomic E-state index is 5.48. The minimum absolute atomic E-state index is 0.141. The lowest BCUT2D eigenvalue weighted by Gasteiger charge is -2.20. The summed E-state index contributed by atoms with van der Waals surface area (Å²) in [6, 6.07) is 0. The summed E-state index contributed by atoms with van der Waals surface area (Å²) in [4.78, 5) is 13.8. The minimum Gasteiger partial charge on any atom is -0.368 e. The van der Waals surface area contributed by atoms with Gasteiger partial charge in [0.2, 0.25) is 11.9 Å². The van der Waals surface area contributed by atoms with E-state index in [1.807, 2.05) is 0 Å². The first-order valence-electron chi connectivity index (χ1n) is 5.24. The molecule has 1 heterocycles. The zero-order valence-electron chi connectivity index (χ0n) is 9.88. The quantitative estimate of drug-likeness (QED) is 0.781. The summed E-state index contributed by atoms with van der Waals surface area (Å²) in [5.41, 5.74) is 11.0. The second-order valence-electron chi connectivity index (χ2n) is 3.19. The Hall–Kier alpha value is -1.15. The molecule has 1 aromatic rings. The van der Waals surface area contributed by atoms with E-state index in [1.165, 1.54) is 11.8 Å². The normalized spacial score (nSPS) is 10.2. The van der Waals surface area contributed by atoms with Crippen molar-refractivity contribution in [2.24, 2.45) is 0 Å². The van der Waals surface area contributed by atoms with Crippen LogP contribution in [0.2, 0.25) is 0 Å². The summed E-state index contributed by atoms with van der Waals surface area (Å²) >= 11 is 6.79. The Labute approximate surface area is 110 Å². The van der Waals surface area contributed by atoms with Gasteiger partial charge in [0.25, 0.3) is 0 Å². The molecule has 0 spiro atoms. The third kappa shape index (κ3) is 4.31. The van der Waals surface area contributed by atoms with Crippen molar-refractivity contribution in [3.63, 3.8) is 0 Å². The number of hydrogen-bond donors (Lipinski definition) is 2. The van der Waals surface area contributed by atoms with Gasteiger partial charge >= 0.3 is 0 Å². The number of nitrogen functional groups attached to an aromatic ring is 2. The summed E-state index contributed by atoms with van der Waals surface area (Å²) in [5, 5.41) is 0. The van der Waals surface area contributed by atoms with Crippen LogP contribution in [0.3, 0.4) is 0 Å². The van der Waals surface area contributed by atoms with Gasteiger partial charge in [0.15, 0.2) is 0 Å². The zero-order chi connectivity index (χ0) is 12.8. The molecular weight excluding hydrogens is 256 g/mol. The summed E-state index contributed by atoms with van der Waals surface area (Å²) < 4.78 is 0.826. The molecule has 0 amide bonds. The van der Waals surface area contributed by atoms with E-state index in [0.717, 1.165) is 17.4 Å². The van der Waals surface area contributed by atoms with Crippen LogP contribution in [0.1, 0.15) is 19.7 Å². The average molecular weight is 272 g/mol. The Bertz CT molecular complexity index is 373. The van der Waals surface area contributed by atoms with Crippen LogP contribution in [0.5, 0.6) is 0 Å². The highest BCUT2D eigenvalue weighted by Crippen LogP contribution is 2.14. The molecule has 0 aromatic carbocycles. The van der Waals surface area contributed by atoms with E-state index in [4.69, 9.17) is 23.7 Å². The van der Waals surface area contributed by atoms with Crippen molar-refractivity contribution < 1.29 is 0 Å². The van der Waals surface area contributed by atoms with Crippen molar-refractivity contribution in [3.05, 3.63) is 5.82 Å². The standard InChI is InChI=1S/C9H16N6S2/c1-3-15(4-2)9(16)17-5-6-12-7(10)14-8(11)13-6/h3-5H2,1-2H3,(H4,10,11,12,13,14). The van der Waals surface area contributed by atoms with Crippen molar-refractivity contribution in [1.82, 2.24) is 19.9 Å². The number of anilines is 2. The molecule has 1 rings (SSSR count). The third-order valence-electron chi connectivity index (χ3n) is 2.06. The summed E-state index contributed by atoms with van der Waals surface area (Å²) in [6.07, 6.45) is 0. The Kier molecular flexibility index (Phi) is 5.36. The molecule has 4 N–H and O–H groups in total. The molecule has 0 aliphatic carbocycles. The minimum atomic E-state index is 0.141. The number of nitrogens with zero attached hydrogens (tertiary/aromatic N) is 4. The maximum Gasteiger partial charge on any atom is 0.225 e. The molecule has 0 saturated heterocycles. The van der Waals surface area contributed by atoms with Crippen molar-refractivity contribution in [1.29, 1.82) is 0 Å². The van der Waals surface area contributed by atoms with Crippen molar-refractivity contribution >= 4 is 40.2 Å². The van der Waals surface area contributed by atoms with Crippen LogP contribution in [0.4, 0.5) is 11.9 Å². The zero-order valence-corrected chi connectivity index (χ0v) is 11.5. The molecular formula is C9H16N6S2. The van der Waals surface area contributed by atoms with Crippen LogP contribution >= 0.6 is 24.0 Å². The summed E-state index contributed by atoms with van der Waals surface area (Å²) in [6.45, 7) is 5.91. The van der Waals surface area contributed by atoms with Crippen LogP contribution in [-0.4, -0.2) is 37.3 Å². The lowest BCUT2D eigenvalue weighted by molar-refractivity contribution is 0.482. The maximum atomic E-state index is 5.48. The Morgan fingerprint density at radius 1 is 1.18 bits per heavy atom. The molecule has 0 atom stereocenters. The molecule has 0 aliphatic rings. The van der Waals surface area contributed by atoms with Gasteiger partial charge in [-0.2, -0.15) is 15.0 Å². The van der Waals surface area contributed by atoms with Crippen molar-refractivity contribution in [2.75, 3.05) is 24.6 Å². The largest absolute Gasteiger partial charge is 0.368 e. The highest BCUT2D eigenvalue weighted by atomic mass is 32.2. The first-order chi connectivity index (χ1) is 8.06. The van der Waals surface area contributed by atoms with Crippen LogP contribution in [0, 0.1) is 0 Å². The van der Waals surface area contributed by atoms with E-state index < -0.39 is 0 Å². The second kappa shape index (κ2) is 6.55. The molecule has 0 radical (unpaired) electrons. The molecule has 17 heavy (non-hydrogen) atoms. The predicted molar refractivity (Wildman–Crippen MR) is 75.5 cm³/mol. The average Bonchev–Trinajstić information content (AvgIpc) is 2.27. The summed E-state index contributed by atoms with van der Waals surface area (Å²) in [7, 11) is 0. The topological polar surface area (TPSA) is 94.0 Å². The number of aromatic nitrogens is 3. The van der Waals surface area contributed by atoms with E-state index in [0.29, 0.717) is 11.6 Å². The lowest BCUT2D eigenvalue weighted by atomic mass is 10.6. The van der Waals surface area contributed by atoms with E-state index in [1.54, 1.807) is 0 Å². The van der Waals surface area contributed by atoms with Crippen LogP contribution in [0.25, 0.3) is 0 Å². The number of nitrogens with two attached hydrogens (primary N) is 2. The number of hydrogen-bond acceptors (Lipinski definition) is 7. The second-order valence-corrected chi connectivity index (χ2v) is 4.80. The van der Waals surface area contributed by atoms with Crippen LogP contribution in [0.15, 0.2) is 0 Å². The van der Waals surface area contributed by atoms with Crippen LogP contribution in [-0.2, 0) is 5.75 Å². The molecule has 6 nitrogen and oxygen atoms in total. The van der Waals surface area contributed by atoms with Gasteiger partial charge in [0, 0.05) is 13.1 Å². The molecule has 0 bridgehead atoms. The molecule has 8 heteroatoms. The fourth-order valence-electron chi connectivity index (χ4n) is 1.22. The predicted octanol–water partition coefficient (Wildman–Crippen LogP) is 0.896. The van der Waals surface area contributed by atoms with Gasteiger partial charge in [-0.05, 0) is 13.8 Å². The molecule has 0 unspecified atom stereocenters. The molecule has 0 fully saturated rings. The fourth-order valence-corrected chi connectivity index (χ4v) is 2.48. The molecule has 1 aromatic heterocycles. The number of thioether (sulfide) groups is 1. The lowest BCUT2D eigenvalue weighted by Crippen LogP contribution is -2.26. The van der Waals surface area contributed by atoms with E-state index in [2.05, 4.69) is 33.7 Å². The van der Waals surface area contributed by atoms with Gasteiger partial charge in [-0.1, -0.05) is 24.0 Å². The van der Waals surface area contributed by atoms with Gasteiger partial charge in [-0.25, -0.2) is 0 Å². The smallest absolute Gasteiger partial charge is 0.225 e. The molecule has 0 saturated carbocycles. The molecule has 94 valence electrons. The third-order valence-corrected chi connectivity index (χ3v) is 3.58. The first-order valence-corrected chi connectivity index (χ1v) is 6.63. The Morgan fingerprint density at radius 2 is 1.71 bits per heavy atom. The molecule has 0 aliphatic heterocycles. The van der Waals surface area contributed by atoms with E-state index in [9.17, 15) is 0 Å².